The predicted molar refractivity (Wildman–Crippen MR) is 131 cm³/mol. The number of amides is 1. The molecule has 7 heteroatoms. The summed E-state index contributed by atoms with van der Waals surface area (Å²) in [5, 5.41) is 11.3. The van der Waals surface area contributed by atoms with Gasteiger partial charge in [-0.1, -0.05) is 38.1 Å². The summed E-state index contributed by atoms with van der Waals surface area (Å²) < 4.78 is 6.76. The van der Waals surface area contributed by atoms with E-state index in [-0.39, 0.29) is 18.9 Å². The minimum atomic E-state index is -0.940. The minimum Gasteiger partial charge on any atom is -0.481 e. The Labute approximate surface area is 197 Å². The van der Waals surface area contributed by atoms with E-state index in [1.54, 1.807) is 6.07 Å². The first-order valence-corrected chi connectivity index (χ1v) is 12.0. The molecule has 0 radical (unpaired) electrons. The van der Waals surface area contributed by atoms with Crippen molar-refractivity contribution < 1.29 is 18.9 Å². The zero-order valence-electron chi connectivity index (χ0n) is 18.6. The van der Waals surface area contributed by atoms with Gasteiger partial charge in [-0.15, -0.1) is 11.3 Å². The van der Waals surface area contributed by atoms with Gasteiger partial charge in [0.25, 0.3) is 5.91 Å². The molecular formula is C25H27NO4S2. The van der Waals surface area contributed by atoms with Crippen LogP contribution in [0.3, 0.4) is 0 Å². The fraction of sp³-hybridized carbons (Fsp3) is 0.280. The first-order valence-electron chi connectivity index (χ1n) is 10.4. The van der Waals surface area contributed by atoms with E-state index in [1.807, 2.05) is 18.2 Å². The third kappa shape index (κ3) is 6.14. The third-order valence-electron chi connectivity index (χ3n) is 5.02. The zero-order valence-corrected chi connectivity index (χ0v) is 20.2. The molecule has 0 fully saturated rings. The van der Waals surface area contributed by atoms with Crippen LogP contribution in [0.2, 0.25) is 0 Å². The van der Waals surface area contributed by atoms with Crippen molar-refractivity contribution in [3.05, 3.63) is 70.1 Å². The molecule has 1 amide bonds. The second kappa shape index (κ2) is 10.7. The molecule has 0 saturated carbocycles. The van der Waals surface area contributed by atoms with Crippen molar-refractivity contribution in [2.45, 2.75) is 44.2 Å². The number of carbonyl (C=O) groups is 2. The second-order valence-corrected chi connectivity index (χ2v) is 10.0. The highest BCUT2D eigenvalue weighted by Gasteiger charge is 2.13. The molecule has 0 aliphatic carbocycles. The van der Waals surface area contributed by atoms with Crippen molar-refractivity contribution in [2.24, 2.45) is 0 Å². The topological polar surface area (TPSA) is 75.6 Å². The number of aliphatic carboxylic acids is 1. The highest BCUT2D eigenvalue weighted by molar-refractivity contribution is 7.97. The fourth-order valence-electron chi connectivity index (χ4n) is 3.41. The summed E-state index contributed by atoms with van der Waals surface area (Å²) in [5.74, 6) is 0.0500. The number of carbonyl (C=O) groups excluding carboxylic acids is 1. The fourth-order valence-corrected chi connectivity index (χ4v) is 4.97. The minimum absolute atomic E-state index is 0.0988. The van der Waals surface area contributed by atoms with Gasteiger partial charge in [-0.25, -0.2) is 0 Å². The molecule has 0 aliphatic heterocycles. The summed E-state index contributed by atoms with van der Waals surface area (Å²) in [6, 6.07) is 16.3. The van der Waals surface area contributed by atoms with Gasteiger partial charge in [0.15, 0.2) is 0 Å². The van der Waals surface area contributed by atoms with Crippen molar-refractivity contribution in [3.63, 3.8) is 0 Å². The molecule has 2 N–H and O–H groups in total. The number of rotatable bonds is 9. The lowest BCUT2D eigenvalue weighted by atomic mass is 9.93. The Morgan fingerprint density at radius 2 is 1.72 bits per heavy atom. The Balaban J connectivity index is 1.65. The highest BCUT2D eigenvalue weighted by Crippen LogP contribution is 2.35. The summed E-state index contributed by atoms with van der Waals surface area (Å²) in [7, 11) is 0. The summed E-state index contributed by atoms with van der Waals surface area (Å²) in [5.41, 5.74) is 6.02. The van der Waals surface area contributed by atoms with Gasteiger partial charge in [-0.2, -0.15) is 0 Å². The number of hydrogen-bond donors (Lipinski definition) is 2. The van der Waals surface area contributed by atoms with Crippen LogP contribution in [0.15, 0.2) is 52.7 Å². The van der Waals surface area contributed by atoms with Crippen LogP contribution < -0.4 is 9.50 Å². The predicted octanol–water partition coefficient (Wildman–Crippen LogP) is 6.45. The third-order valence-corrected chi connectivity index (χ3v) is 6.93. The standard InChI is InChI=1S/C25H27NO4S2/c1-15(2)18-5-7-19(8-6-18)24-16(3)13-20(14-17(24)4)30-32-23-10-9-21(31-23)25(29)26-12-11-22(27)28/h5-10,13-15H,11-12H2,1-4H3,(H,26,29)(H,27,28). The average Bonchev–Trinajstić information content (AvgIpc) is 3.21. The van der Waals surface area contributed by atoms with Gasteiger partial charge in [0.1, 0.15) is 22.0 Å². The lowest BCUT2D eigenvalue weighted by Gasteiger charge is -2.14. The smallest absolute Gasteiger partial charge is 0.305 e. The van der Waals surface area contributed by atoms with Crippen LogP contribution in [0.1, 0.15) is 52.5 Å². The van der Waals surface area contributed by atoms with E-state index in [1.165, 1.54) is 40.1 Å². The van der Waals surface area contributed by atoms with E-state index in [4.69, 9.17) is 9.29 Å². The van der Waals surface area contributed by atoms with E-state index in [0.717, 1.165) is 21.1 Å². The Kier molecular flexibility index (Phi) is 7.99. The number of nitrogens with one attached hydrogen (secondary N) is 1. The van der Waals surface area contributed by atoms with Gasteiger partial charge in [0.05, 0.1) is 11.3 Å². The lowest BCUT2D eigenvalue weighted by Crippen LogP contribution is -2.25. The van der Waals surface area contributed by atoms with Crippen LogP contribution in [-0.4, -0.2) is 23.5 Å². The summed E-state index contributed by atoms with van der Waals surface area (Å²) in [4.78, 5) is 23.2. The van der Waals surface area contributed by atoms with Crippen molar-refractivity contribution in [3.8, 4) is 16.9 Å². The molecule has 1 aromatic heterocycles. The van der Waals surface area contributed by atoms with Gasteiger partial charge in [-0.3, -0.25) is 9.59 Å². The maximum absolute atomic E-state index is 12.1. The largest absolute Gasteiger partial charge is 0.481 e. The first kappa shape index (κ1) is 23.9. The van der Waals surface area contributed by atoms with Crippen molar-refractivity contribution in [1.29, 1.82) is 0 Å². The maximum atomic E-state index is 12.1. The van der Waals surface area contributed by atoms with Crippen molar-refractivity contribution in [2.75, 3.05) is 6.54 Å². The molecule has 0 unspecified atom stereocenters. The van der Waals surface area contributed by atoms with E-state index in [0.29, 0.717) is 10.8 Å². The van der Waals surface area contributed by atoms with E-state index < -0.39 is 5.97 Å². The summed E-state index contributed by atoms with van der Waals surface area (Å²) in [6.07, 6.45) is -0.0988. The number of benzene rings is 2. The molecule has 32 heavy (non-hydrogen) atoms. The SMILES string of the molecule is Cc1cc(OSc2ccc(C(=O)NCCC(=O)O)s2)cc(C)c1-c1ccc(C(C)C)cc1. The highest BCUT2D eigenvalue weighted by atomic mass is 32.2. The van der Waals surface area contributed by atoms with Gasteiger partial charge in [-0.05, 0) is 71.8 Å². The number of hydrogen-bond acceptors (Lipinski definition) is 5. The quantitative estimate of drug-likeness (QED) is 0.352. The van der Waals surface area contributed by atoms with Crippen LogP contribution in [-0.2, 0) is 4.79 Å². The van der Waals surface area contributed by atoms with Crippen molar-refractivity contribution in [1.82, 2.24) is 5.32 Å². The monoisotopic (exact) mass is 469 g/mol. The molecular weight excluding hydrogens is 442 g/mol. The Bertz CT molecular complexity index is 1080. The number of carboxylic acids is 1. The molecule has 168 valence electrons. The van der Waals surface area contributed by atoms with Gasteiger partial charge in [0.2, 0.25) is 0 Å². The Morgan fingerprint density at radius 1 is 1.06 bits per heavy atom. The summed E-state index contributed by atoms with van der Waals surface area (Å²) >= 11 is 2.52. The van der Waals surface area contributed by atoms with Crippen LogP contribution >= 0.6 is 23.4 Å². The van der Waals surface area contributed by atoms with E-state index >= 15 is 0 Å². The summed E-state index contributed by atoms with van der Waals surface area (Å²) in [6.45, 7) is 8.66. The van der Waals surface area contributed by atoms with Crippen LogP contribution in [0, 0.1) is 13.8 Å². The molecule has 0 saturated heterocycles. The normalized spacial score (nSPS) is 10.9. The zero-order chi connectivity index (χ0) is 23.3. The first-order chi connectivity index (χ1) is 15.2. The van der Waals surface area contributed by atoms with Gasteiger partial charge < -0.3 is 14.6 Å². The van der Waals surface area contributed by atoms with Gasteiger partial charge in [0, 0.05) is 6.54 Å². The molecule has 3 rings (SSSR count). The Morgan fingerprint density at radius 3 is 2.31 bits per heavy atom. The molecule has 0 aliphatic rings. The molecule has 0 bridgehead atoms. The van der Waals surface area contributed by atoms with Crippen LogP contribution in [0.25, 0.3) is 11.1 Å². The van der Waals surface area contributed by atoms with Crippen LogP contribution in [0.4, 0.5) is 0 Å². The molecule has 0 atom stereocenters. The van der Waals surface area contributed by atoms with Crippen LogP contribution in [0.5, 0.6) is 5.75 Å². The second-order valence-electron chi connectivity index (χ2n) is 7.89. The van der Waals surface area contributed by atoms with E-state index in [9.17, 15) is 9.59 Å². The van der Waals surface area contributed by atoms with Crippen molar-refractivity contribution >= 4 is 35.3 Å². The molecule has 3 aromatic rings. The molecule has 2 aromatic carbocycles. The average molecular weight is 470 g/mol. The lowest BCUT2D eigenvalue weighted by molar-refractivity contribution is -0.136. The molecule has 5 nitrogen and oxygen atoms in total. The number of thiophene rings is 1. The number of carboxylic acid groups (broad SMARTS) is 1. The maximum Gasteiger partial charge on any atom is 0.305 e. The van der Waals surface area contributed by atoms with E-state index in [2.05, 4.69) is 57.3 Å². The molecule has 0 spiro atoms. The van der Waals surface area contributed by atoms with Gasteiger partial charge >= 0.3 is 5.97 Å². The Hall–Kier alpha value is -2.77. The number of aryl methyl sites for hydroxylation is 2. The molecule has 1 heterocycles.